The molecule has 0 aliphatic heterocycles. The molecule has 0 aliphatic rings. The number of primary amides is 1. The van der Waals surface area contributed by atoms with Crippen molar-refractivity contribution in [2.24, 2.45) is 5.73 Å². The van der Waals surface area contributed by atoms with Crippen LogP contribution in [-0.4, -0.2) is 38.3 Å². The third kappa shape index (κ3) is 2.78. The largest absolute Gasteiger partial charge is 0.382 e. The molecule has 4 N–H and O–H groups in total. The SMILES string of the molecule is Cc1cc2ncc(C(C)NCC(O)C(N)=O)c(C)n2n1. The first-order valence-electron chi connectivity index (χ1n) is 6.42. The fraction of sp³-hybridized carbons (Fsp3) is 0.462. The number of amides is 1. The highest BCUT2D eigenvalue weighted by atomic mass is 16.3. The van der Waals surface area contributed by atoms with Crippen LogP contribution in [0.3, 0.4) is 0 Å². The number of aliphatic hydroxyl groups is 1. The van der Waals surface area contributed by atoms with Crippen LogP contribution in [-0.2, 0) is 4.79 Å². The number of nitrogens with one attached hydrogen (secondary N) is 1. The van der Waals surface area contributed by atoms with Crippen molar-refractivity contribution in [3.05, 3.63) is 29.2 Å². The lowest BCUT2D eigenvalue weighted by Gasteiger charge is -2.18. The van der Waals surface area contributed by atoms with Gasteiger partial charge in [0, 0.05) is 36.1 Å². The zero-order valence-electron chi connectivity index (χ0n) is 11.8. The number of hydrogen-bond donors (Lipinski definition) is 3. The first kappa shape index (κ1) is 14.4. The maximum Gasteiger partial charge on any atom is 0.247 e. The summed E-state index contributed by atoms with van der Waals surface area (Å²) in [6.07, 6.45) is 0.585. The van der Waals surface area contributed by atoms with E-state index in [1.165, 1.54) is 0 Å². The van der Waals surface area contributed by atoms with Gasteiger partial charge in [-0.1, -0.05) is 0 Å². The molecule has 0 saturated heterocycles. The molecule has 2 atom stereocenters. The Hall–Kier alpha value is -1.99. The van der Waals surface area contributed by atoms with Crippen LogP contribution in [0.25, 0.3) is 5.65 Å². The maximum absolute atomic E-state index is 10.8. The van der Waals surface area contributed by atoms with Crippen LogP contribution in [0.1, 0.15) is 29.9 Å². The van der Waals surface area contributed by atoms with Crippen molar-refractivity contribution in [2.45, 2.75) is 32.9 Å². The minimum atomic E-state index is -1.19. The summed E-state index contributed by atoms with van der Waals surface area (Å²) in [7, 11) is 0. The molecule has 2 aromatic heterocycles. The second-order valence-electron chi connectivity index (χ2n) is 4.90. The summed E-state index contributed by atoms with van der Waals surface area (Å²) in [5, 5.41) is 16.8. The molecule has 0 bridgehead atoms. The van der Waals surface area contributed by atoms with E-state index in [2.05, 4.69) is 15.4 Å². The first-order valence-corrected chi connectivity index (χ1v) is 6.42. The fourth-order valence-corrected chi connectivity index (χ4v) is 2.10. The molecule has 20 heavy (non-hydrogen) atoms. The van der Waals surface area contributed by atoms with Gasteiger partial charge in [0.25, 0.3) is 0 Å². The molecule has 2 rings (SSSR count). The molecule has 7 heteroatoms. The van der Waals surface area contributed by atoms with Gasteiger partial charge >= 0.3 is 0 Å². The number of nitrogens with zero attached hydrogens (tertiary/aromatic N) is 3. The molecule has 0 fully saturated rings. The van der Waals surface area contributed by atoms with Gasteiger partial charge in [0.15, 0.2) is 5.65 Å². The lowest BCUT2D eigenvalue weighted by molar-refractivity contribution is -0.125. The van der Waals surface area contributed by atoms with Crippen molar-refractivity contribution in [2.75, 3.05) is 6.54 Å². The lowest BCUT2D eigenvalue weighted by Crippen LogP contribution is -2.38. The predicted molar refractivity (Wildman–Crippen MR) is 74.1 cm³/mol. The Bertz CT molecular complexity index is 637. The normalized spacial score (nSPS) is 14.4. The van der Waals surface area contributed by atoms with E-state index in [1.807, 2.05) is 26.8 Å². The number of nitrogens with two attached hydrogens (primary N) is 1. The Balaban J connectivity index is 2.19. The molecule has 1 amide bonds. The van der Waals surface area contributed by atoms with Gasteiger partial charge in [-0.25, -0.2) is 9.50 Å². The number of hydrogen-bond acceptors (Lipinski definition) is 5. The van der Waals surface area contributed by atoms with Crippen LogP contribution in [0.4, 0.5) is 0 Å². The van der Waals surface area contributed by atoms with Crippen LogP contribution < -0.4 is 11.1 Å². The number of carbonyl (C=O) groups excluding carboxylic acids is 1. The predicted octanol–water partition coefficient (Wildman–Crippen LogP) is -0.157. The van der Waals surface area contributed by atoms with Crippen molar-refractivity contribution >= 4 is 11.6 Å². The minimum absolute atomic E-state index is 0.0783. The molecular weight excluding hydrogens is 258 g/mol. The average Bonchev–Trinajstić information content (AvgIpc) is 2.77. The first-order chi connectivity index (χ1) is 9.40. The van der Waals surface area contributed by atoms with Crippen LogP contribution in [0.2, 0.25) is 0 Å². The maximum atomic E-state index is 10.8. The van der Waals surface area contributed by atoms with Gasteiger partial charge < -0.3 is 16.2 Å². The van der Waals surface area contributed by atoms with Gasteiger partial charge in [0.05, 0.1) is 5.69 Å². The smallest absolute Gasteiger partial charge is 0.247 e. The van der Waals surface area contributed by atoms with E-state index in [0.717, 1.165) is 22.6 Å². The molecule has 0 spiro atoms. The molecule has 0 aliphatic carbocycles. The quantitative estimate of drug-likeness (QED) is 0.704. The summed E-state index contributed by atoms with van der Waals surface area (Å²) >= 11 is 0. The molecule has 0 saturated carbocycles. The third-order valence-corrected chi connectivity index (χ3v) is 3.30. The average molecular weight is 277 g/mol. The molecule has 7 nitrogen and oxygen atoms in total. The Kier molecular flexibility index (Phi) is 4.01. The molecule has 0 aromatic carbocycles. The van der Waals surface area contributed by atoms with E-state index >= 15 is 0 Å². The zero-order chi connectivity index (χ0) is 14.9. The Labute approximate surface area is 116 Å². The standard InChI is InChI=1S/C13H19N5O2/c1-7-4-12-16-5-10(9(3)18(12)17-7)8(2)15-6-11(19)13(14)20/h4-5,8,11,15,19H,6H2,1-3H3,(H2,14,20). The van der Waals surface area contributed by atoms with E-state index in [-0.39, 0.29) is 12.6 Å². The van der Waals surface area contributed by atoms with Crippen molar-refractivity contribution in [1.82, 2.24) is 19.9 Å². The lowest BCUT2D eigenvalue weighted by atomic mass is 10.1. The topological polar surface area (TPSA) is 106 Å². The number of aliphatic hydroxyl groups excluding tert-OH is 1. The number of rotatable bonds is 5. The van der Waals surface area contributed by atoms with Crippen LogP contribution in [0, 0.1) is 13.8 Å². The fourth-order valence-electron chi connectivity index (χ4n) is 2.10. The second-order valence-corrected chi connectivity index (χ2v) is 4.90. The minimum Gasteiger partial charge on any atom is -0.382 e. The Morgan fingerprint density at radius 2 is 2.25 bits per heavy atom. The highest BCUT2D eigenvalue weighted by Crippen LogP contribution is 2.17. The molecule has 2 unspecified atom stereocenters. The summed E-state index contributed by atoms with van der Waals surface area (Å²) in [6.45, 7) is 5.91. The van der Waals surface area contributed by atoms with E-state index in [4.69, 9.17) is 5.73 Å². The summed E-state index contributed by atoms with van der Waals surface area (Å²) in [5.74, 6) is -0.738. The summed E-state index contributed by atoms with van der Waals surface area (Å²) < 4.78 is 1.79. The van der Waals surface area contributed by atoms with Gasteiger partial charge in [0.1, 0.15) is 6.10 Å². The monoisotopic (exact) mass is 277 g/mol. The van der Waals surface area contributed by atoms with Gasteiger partial charge in [-0.3, -0.25) is 4.79 Å². The van der Waals surface area contributed by atoms with Crippen LogP contribution in [0.5, 0.6) is 0 Å². The highest BCUT2D eigenvalue weighted by Gasteiger charge is 2.16. The number of aromatic nitrogens is 3. The van der Waals surface area contributed by atoms with E-state index < -0.39 is 12.0 Å². The molecule has 108 valence electrons. The third-order valence-electron chi connectivity index (χ3n) is 3.30. The number of fused-ring (bicyclic) bond motifs is 1. The van der Waals surface area contributed by atoms with Gasteiger partial charge in [0.2, 0.25) is 5.91 Å². The van der Waals surface area contributed by atoms with E-state index in [9.17, 15) is 9.90 Å². The van der Waals surface area contributed by atoms with Crippen LogP contribution >= 0.6 is 0 Å². The van der Waals surface area contributed by atoms with Gasteiger partial charge in [-0.15, -0.1) is 0 Å². The second kappa shape index (κ2) is 5.56. The van der Waals surface area contributed by atoms with E-state index in [0.29, 0.717) is 0 Å². The van der Waals surface area contributed by atoms with Crippen molar-refractivity contribution in [1.29, 1.82) is 0 Å². The molecule has 2 heterocycles. The van der Waals surface area contributed by atoms with Crippen molar-refractivity contribution < 1.29 is 9.90 Å². The highest BCUT2D eigenvalue weighted by molar-refractivity contribution is 5.78. The summed E-state index contributed by atoms with van der Waals surface area (Å²) in [6, 6.07) is 1.83. The van der Waals surface area contributed by atoms with Crippen LogP contribution in [0.15, 0.2) is 12.3 Å². The Morgan fingerprint density at radius 1 is 1.55 bits per heavy atom. The molecule has 2 aromatic rings. The molecular formula is C13H19N5O2. The number of aryl methyl sites for hydroxylation is 2. The van der Waals surface area contributed by atoms with Gasteiger partial charge in [-0.05, 0) is 20.8 Å². The van der Waals surface area contributed by atoms with Crippen molar-refractivity contribution in [3.63, 3.8) is 0 Å². The summed E-state index contributed by atoms with van der Waals surface area (Å²) in [4.78, 5) is 15.2. The Morgan fingerprint density at radius 3 is 2.90 bits per heavy atom. The van der Waals surface area contributed by atoms with Gasteiger partial charge in [-0.2, -0.15) is 5.10 Å². The van der Waals surface area contributed by atoms with Crippen molar-refractivity contribution in [3.8, 4) is 0 Å². The van der Waals surface area contributed by atoms with E-state index in [1.54, 1.807) is 10.7 Å². The summed E-state index contributed by atoms with van der Waals surface area (Å²) in [5.41, 5.74) is 8.64. The zero-order valence-corrected chi connectivity index (χ0v) is 11.8. The molecule has 0 radical (unpaired) electrons. The number of carbonyl (C=O) groups is 1.